The Balaban J connectivity index is 1.60. The third kappa shape index (κ3) is 4.53. The molecule has 0 radical (unpaired) electrons. The van der Waals surface area contributed by atoms with E-state index in [0.29, 0.717) is 29.1 Å². The Kier molecular flexibility index (Phi) is 6.34. The van der Waals surface area contributed by atoms with E-state index in [4.69, 9.17) is 11.6 Å². The summed E-state index contributed by atoms with van der Waals surface area (Å²) in [6, 6.07) is 5.27. The summed E-state index contributed by atoms with van der Waals surface area (Å²) in [4.78, 5) is 16.4. The molecule has 1 atom stereocenters. The fourth-order valence-corrected chi connectivity index (χ4v) is 4.64. The number of benzene rings is 1. The molecule has 3 rings (SSSR count). The number of carbonyl (C=O) groups is 1. The summed E-state index contributed by atoms with van der Waals surface area (Å²) in [7, 11) is 0. The van der Waals surface area contributed by atoms with Crippen LogP contribution in [0.2, 0.25) is 5.02 Å². The van der Waals surface area contributed by atoms with Gasteiger partial charge in [-0.2, -0.15) is 0 Å². The Morgan fingerprint density at radius 2 is 1.92 bits per heavy atom. The van der Waals surface area contributed by atoms with Gasteiger partial charge >= 0.3 is 0 Å². The van der Waals surface area contributed by atoms with Crippen molar-refractivity contribution in [2.24, 2.45) is 5.92 Å². The van der Waals surface area contributed by atoms with Crippen LogP contribution < -0.4 is 0 Å². The molecule has 0 bridgehead atoms. The minimum atomic E-state index is -0.221. The van der Waals surface area contributed by atoms with Crippen LogP contribution in [0.5, 0.6) is 0 Å². The zero-order valence-corrected chi connectivity index (χ0v) is 15.8. The van der Waals surface area contributed by atoms with Gasteiger partial charge in [-0.25, -0.2) is 4.39 Å². The van der Waals surface area contributed by atoms with Crippen molar-refractivity contribution < 1.29 is 9.18 Å². The Bertz CT molecular complexity index is 581. The molecule has 1 amide bonds. The van der Waals surface area contributed by atoms with Crippen molar-refractivity contribution in [2.75, 3.05) is 19.6 Å². The Hall–Kier alpha value is -1.13. The Morgan fingerprint density at radius 3 is 2.60 bits per heavy atom. The van der Waals surface area contributed by atoms with Crippen molar-refractivity contribution in [1.82, 2.24) is 9.80 Å². The van der Waals surface area contributed by atoms with Crippen molar-refractivity contribution in [2.45, 2.75) is 58.0 Å². The summed E-state index contributed by atoms with van der Waals surface area (Å²) in [5.74, 6) is 0.558. The monoisotopic (exact) mass is 366 g/mol. The second kappa shape index (κ2) is 8.50. The third-order valence-electron chi connectivity index (χ3n) is 5.82. The molecule has 1 aromatic carbocycles. The maximum Gasteiger partial charge on any atom is 0.219 e. The molecule has 0 aromatic heterocycles. The number of carbonyl (C=O) groups excluding carboxylic acids is 1. The SMILES string of the molecule is CC(=O)N1CCCCCC1C1CCN(Cc2c(F)cccc2Cl)CC1. The van der Waals surface area contributed by atoms with Crippen LogP contribution in [0, 0.1) is 11.7 Å². The van der Waals surface area contributed by atoms with Crippen LogP contribution in [0.3, 0.4) is 0 Å². The van der Waals surface area contributed by atoms with Crippen LogP contribution in [0.25, 0.3) is 0 Å². The summed E-state index contributed by atoms with van der Waals surface area (Å²) in [5.41, 5.74) is 0.599. The quantitative estimate of drug-likeness (QED) is 0.787. The fraction of sp³-hybridized carbons (Fsp3) is 0.650. The molecular weight excluding hydrogens is 339 g/mol. The van der Waals surface area contributed by atoms with Gasteiger partial charge < -0.3 is 4.90 Å². The molecule has 2 heterocycles. The first kappa shape index (κ1) is 18.7. The summed E-state index contributed by atoms with van der Waals surface area (Å²) in [6.07, 6.45) is 6.84. The number of halogens is 2. The normalized spacial score (nSPS) is 23.5. The van der Waals surface area contributed by atoms with Crippen LogP contribution in [0.4, 0.5) is 4.39 Å². The van der Waals surface area contributed by atoms with Crippen LogP contribution >= 0.6 is 11.6 Å². The van der Waals surface area contributed by atoms with E-state index in [2.05, 4.69) is 9.80 Å². The zero-order valence-electron chi connectivity index (χ0n) is 15.0. The molecule has 2 aliphatic rings. The number of nitrogens with zero attached hydrogens (tertiary/aromatic N) is 2. The highest BCUT2D eigenvalue weighted by molar-refractivity contribution is 6.31. The summed E-state index contributed by atoms with van der Waals surface area (Å²) >= 11 is 6.16. The Morgan fingerprint density at radius 1 is 1.16 bits per heavy atom. The molecule has 5 heteroatoms. The smallest absolute Gasteiger partial charge is 0.219 e. The molecule has 138 valence electrons. The first-order chi connectivity index (χ1) is 12.1. The average molecular weight is 367 g/mol. The van der Waals surface area contributed by atoms with Gasteiger partial charge in [0.2, 0.25) is 5.91 Å². The van der Waals surface area contributed by atoms with Gasteiger partial charge in [0.25, 0.3) is 0 Å². The predicted molar refractivity (Wildman–Crippen MR) is 99.1 cm³/mol. The van der Waals surface area contributed by atoms with Crippen LogP contribution in [-0.2, 0) is 11.3 Å². The Labute approximate surface area is 155 Å². The van der Waals surface area contributed by atoms with Crippen molar-refractivity contribution >= 4 is 17.5 Å². The van der Waals surface area contributed by atoms with E-state index in [1.54, 1.807) is 19.1 Å². The molecule has 1 aromatic rings. The van der Waals surface area contributed by atoms with E-state index < -0.39 is 0 Å². The second-order valence-corrected chi connectivity index (χ2v) is 7.85. The standard InChI is InChI=1S/C20H28ClFN2O/c1-15(25)24-11-4-2-3-8-20(24)16-9-12-23(13-10-16)14-17-18(21)6-5-7-19(17)22/h5-7,16,20H,2-4,8-14H2,1H3. The minimum absolute atomic E-state index is 0.215. The van der Waals surface area contributed by atoms with Gasteiger partial charge in [0.05, 0.1) is 0 Å². The molecule has 3 nitrogen and oxygen atoms in total. The van der Waals surface area contributed by atoms with Gasteiger partial charge in [-0.15, -0.1) is 0 Å². The lowest BCUT2D eigenvalue weighted by molar-refractivity contribution is -0.132. The van der Waals surface area contributed by atoms with Gasteiger partial charge in [0.15, 0.2) is 0 Å². The lowest BCUT2D eigenvalue weighted by atomic mass is 9.86. The lowest BCUT2D eigenvalue weighted by Gasteiger charge is -2.40. The fourth-order valence-electron chi connectivity index (χ4n) is 4.42. The molecule has 0 spiro atoms. The minimum Gasteiger partial charge on any atom is -0.340 e. The van der Waals surface area contributed by atoms with Crippen molar-refractivity contribution in [3.8, 4) is 0 Å². The summed E-state index contributed by atoms with van der Waals surface area (Å²) in [5, 5.41) is 0.508. The van der Waals surface area contributed by atoms with Crippen molar-refractivity contribution in [3.63, 3.8) is 0 Å². The van der Waals surface area contributed by atoms with Crippen LogP contribution in [0.1, 0.15) is 51.0 Å². The number of amides is 1. The molecule has 25 heavy (non-hydrogen) atoms. The lowest BCUT2D eigenvalue weighted by Crippen LogP contribution is -2.47. The molecule has 0 saturated carbocycles. The predicted octanol–water partition coefficient (Wildman–Crippen LogP) is 4.48. The van der Waals surface area contributed by atoms with Gasteiger partial charge in [-0.3, -0.25) is 9.69 Å². The van der Waals surface area contributed by atoms with Crippen LogP contribution in [-0.4, -0.2) is 41.4 Å². The number of likely N-dealkylation sites (tertiary alicyclic amines) is 2. The van der Waals surface area contributed by atoms with E-state index in [1.807, 2.05) is 0 Å². The number of piperidine rings is 1. The zero-order chi connectivity index (χ0) is 17.8. The van der Waals surface area contributed by atoms with E-state index in [-0.39, 0.29) is 11.7 Å². The van der Waals surface area contributed by atoms with Gasteiger partial charge in [0.1, 0.15) is 5.82 Å². The third-order valence-corrected chi connectivity index (χ3v) is 6.18. The highest BCUT2D eigenvalue weighted by Gasteiger charge is 2.32. The molecule has 2 saturated heterocycles. The highest BCUT2D eigenvalue weighted by Crippen LogP contribution is 2.31. The number of hydrogen-bond acceptors (Lipinski definition) is 2. The first-order valence-electron chi connectivity index (χ1n) is 9.48. The van der Waals surface area contributed by atoms with E-state index >= 15 is 0 Å². The molecule has 0 N–H and O–H groups in total. The number of rotatable bonds is 3. The van der Waals surface area contributed by atoms with E-state index in [9.17, 15) is 9.18 Å². The summed E-state index contributed by atoms with van der Waals surface area (Å²) in [6.45, 7) is 5.06. The molecule has 2 aliphatic heterocycles. The topological polar surface area (TPSA) is 23.6 Å². The molecule has 0 aliphatic carbocycles. The summed E-state index contributed by atoms with van der Waals surface area (Å²) < 4.78 is 14.0. The van der Waals surface area contributed by atoms with Crippen molar-refractivity contribution in [3.05, 3.63) is 34.6 Å². The average Bonchev–Trinajstić information content (AvgIpc) is 2.85. The molecule has 1 unspecified atom stereocenters. The van der Waals surface area contributed by atoms with E-state index in [0.717, 1.165) is 45.3 Å². The van der Waals surface area contributed by atoms with Gasteiger partial charge in [-0.1, -0.05) is 30.5 Å². The van der Waals surface area contributed by atoms with Gasteiger partial charge in [0, 0.05) is 36.6 Å². The molecule has 2 fully saturated rings. The van der Waals surface area contributed by atoms with Gasteiger partial charge in [-0.05, 0) is 56.8 Å². The molecular formula is C20H28ClFN2O. The van der Waals surface area contributed by atoms with Crippen molar-refractivity contribution in [1.29, 1.82) is 0 Å². The maximum absolute atomic E-state index is 14.0. The number of hydrogen-bond donors (Lipinski definition) is 0. The highest BCUT2D eigenvalue weighted by atomic mass is 35.5. The van der Waals surface area contributed by atoms with E-state index in [1.165, 1.54) is 18.9 Å². The largest absolute Gasteiger partial charge is 0.340 e. The maximum atomic E-state index is 14.0. The first-order valence-corrected chi connectivity index (χ1v) is 9.86. The van der Waals surface area contributed by atoms with Crippen LogP contribution in [0.15, 0.2) is 18.2 Å². The second-order valence-electron chi connectivity index (χ2n) is 7.44.